The van der Waals surface area contributed by atoms with Crippen molar-refractivity contribution in [1.82, 2.24) is 19.8 Å². The van der Waals surface area contributed by atoms with Crippen molar-refractivity contribution in [2.45, 2.75) is 12.1 Å². The van der Waals surface area contributed by atoms with E-state index in [0.29, 0.717) is 23.0 Å². The lowest BCUT2D eigenvalue weighted by atomic mass is 9.80. The van der Waals surface area contributed by atoms with Crippen LogP contribution in [0.1, 0.15) is 65.0 Å². The maximum absolute atomic E-state index is 16.0. The lowest BCUT2D eigenvalue weighted by Crippen LogP contribution is -2.47. The third-order valence-electron chi connectivity index (χ3n) is 15.3. The number of pyridine rings is 2. The van der Waals surface area contributed by atoms with Gasteiger partial charge in [0.1, 0.15) is 57.5 Å². The number of nitrogens with one attached hydrogen (secondary N) is 2. The Morgan fingerprint density at radius 3 is 0.932 bits per heavy atom. The fourth-order valence-electron chi connectivity index (χ4n) is 11.7. The summed E-state index contributed by atoms with van der Waals surface area (Å²) in [5.41, 5.74) is 0.346. The normalized spacial score (nSPS) is 13.5. The number of imide groups is 2. The van der Waals surface area contributed by atoms with E-state index in [2.05, 4.69) is 20.6 Å². The SMILES string of the molecule is O=C(Nc1cccnc1)C(c1ccco1)N1C(=O)c2cc(Oc3ccccc3)c3c4c(Oc5ccccc5)cc5c6c(cc(Oc7ccccc7)c(c7c(Oc8ccccc8)cc(c2c37)C1=O)c64)C(=O)N(C(C(=O)Nc1cccnc1)c1ccco1)C5=O. The minimum Gasteiger partial charge on any atom is -0.467 e. The second kappa shape index (κ2) is 21.3. The van der Waals surface area contributed by atoms with Crippen molar-refractivity contribution in [3.8, 4) is 46.0 Å². The van der Waals surface area contributed by atoms with Crippen molar-refractivity contribution in [2.24, 2.45) is 0 Å². The number of hydrogen-bond acceptors (Lipinski definition) is 14. The zero-order valence-corrected chi connectivity index (χ0v) is 45.8. The zero-order chi connectivity index (χ0) is 59.6. The van der Waals surface area contributed by atoms with E-state index >= 15 is 19.2 Å². The van der Waals surface area contributed by atoms with Gasteiger partial charge in [-0.05, 0) is 121 Å². The minimum absolute atomic E-state index is 0.0232. The molecule has 0 saturated carbocycles. The predicted molar refractivity (Wildman–Crippen MR) is 323 cm³/mol. The van der Waals surface area contributed by atoms with Crippen LogP contribution in [-0.4, -0.2) is 55.2 Å². The molecular weight excluding hydrogens is 1120 g/mol. The van der Waals surface area contributed by atoms with E-state index in [1.54, 1.807) is 133 Å². The largest absolute Gasteiger partial charge is 0.467 e. The minimum atomic E-state index is -1.68. The number of para-hydroxylation sites is 4. The Kier molecular flexibility index (Phi) is 12.7. The number of carbonyl (C=O) groups is 6. The summed E-state index contributed by atoms with van der Waals surface area (Å²) in [5.74, 6) is -3.69. The molecule has 13 aromatic rings. The molecule has 0 bridgehead atoms. The molecule has 15 rings (SSSR count). The maximum atomic E-state index is 16.0. The smallest absolute Gasteiger partial charge is 0.262 e. The number of furan rings is 2. The van der Waals surface area contributed by atoms with Gasteiger partial charge in [-0.1, -0.05) is 72.8 Å². The molecule has 424 valence electrons. The highest BCUT2D eigenvalue weighted by Gasteiger charge is 2.48. The van der Waals surface area contributed by atoms with Crippen molar-refractivity contribution in [3.05, 3.63) is 265 Å². The van der Waals surface area contributed by atoms with Crippen LogP contribution in [0.3, 0.4) is 0 Å². The molecule has 88 heavy (non-hydrogen) atoms. The monoisotopic (exact) mass is 1160 g/mol. The Bertz CT molecular complexity index is 4400. The molecular formula is C70H42N6O12. The van der Waals surface area contributed by atoms with E-state index in [4.69, 9.17) is 27.8 Å². The average Bonchev–Trinajstić information content (AvgIpc) is 0.683. The number of hydrogen-bond donors (Lipinski definition) is 2. The van der Waals surface area contributed by atoms with Gasteiger partial charge in [0.2, 0.25) is 0 Å². The summed E-state index contributed by atoms with van der Waals surface area (Å²) in [6.45, 7) is 0. The summed E-state index contributed by atoms with van der Waals surface area (Å²) in [7, 11) is 0. The molecule has 18 nitrogen and oxygen atoms in total. The van der Waals surface area contributed by atoms with Gasteiger partial charge in [0, 0.05) is 55.5 Å². The summed E-state index contributed by atoms with van der Waals surface area (Å²) < 4.78 is 39.9. The molecule has 6 amide bonds. The molecule has 0 saturated heterocycles. The number of rotatable bonds is 16. The van der Waals surface area contributed by atoms with E-state index in [9.17, 15) is 9.59 Å². The number of benzene rings is 9. The summed E-state index contributed by atoms with van der Waals surface area (Å²) in [6, 6.07) is 50.5. The predicted octanol–water partition coefficient (Wildman–Crippen LogP) is 14.8. The van der Waals surface area contributed by atoms with Crippen molar-refractivity contribution >= 4 is 89.9 Å². The number of carbonyl (C=O) groups excluding carboxylic acids is 6. The quantitative estimate of drug-likeness (QED) is 0.0522. The number of fused-ring (bicyclic) bond motifs is 2. The van der Waals surface area contributed by atoms with Crippen LogP contribution in [0.2, 0.25) is 0 Å². The van der Waals surface area contributed by atoms with E-state index in [1.807, 2.05) is 24.3 Å². The van der Waals surface area contributed by atoms with Gasteiger partial charge in [0.25, 0.3) is 35.4 Å². The topological polar surface area (TPSA) is 222 Å². The standard InChI is InChI=1S/C70H42N6O12/c77-65(73-39-17-13-29-71-37-39)63(49-27-15-31-83-49)75-67(79)45-33-51(85-41-19-5-1-6-20-41)57-58-52(86-42-21-7-2-8-22-42)34-47-56-48(70(82)76(69(47)81)64(50-28-16-32-84-50)66(78)74-40-18-14-30-72-38-40)36-54(88-44-25-11-4-12-26-44)60(62(56)58)59-53(87-43-23-9-3-10-24-43)35-46(68(75)80)55(45)61(57)59/h1-38,63-64H,(H,73,77)(H,74,78). The van der Waals surface area contributed by atoms with Gasteiger partial charge < -0.3 is 38.4 Å². The Hall–Kier alpha value is -12.4. The fraction of sp³-hybridized carbons (Fsp3) is 0.0286. The molecule has 2 aliphatic heterocycles. The molecule has 0 radical (unpaired) electrons. The Morgan fingerprint density at radius 1 is 0.364 bits per heavy atom. The number of anilines is 2. The molecule has 2 N–H and O–H groups in total. The molecule has 4 aromatic heterocycles. The molecule has 2 unspecified atom stereocenters. The highest BCUT2D eigenvalue weighted by Crippen LogP contribution is 2.58. The van der Waals surface area contributed by atoms with E-state index in [0.717, 1.165) is 9.80 Å². The van der Waals surface area contributed by atoms with Crippen LogP contribution >= 0.6 is 0 Å². The van der Waals surface area contributed by atoms with Gasteiger partial charge in [0.15, 0.2) is 12.1 Å². The van der Waals surface area contributed by atoms with Gasteiger partial charge in [-0.3, -0.25) is 48.5 Å². The third-order valence-corrected chi connectivity index (χ3v) is 15.3. The Labute approximate surface area is 498 Å². The first kappa shape index (κ1) is 52.4. The third kappa shape index (κ3) is 8.82. The van der Waals surface area contributed by atoms with Crippen LogP contribution in [0.5, 0.6) is 46.0 Å². The molecule has 0 fully saturated rings. The maximum Gasteiger partial charge on any atom is 0.262 e. The Morgan fingerprint density at radius 2 is 0.670 bits per heavy atom. The molecule has 2 atom stereocenters. The first-order valence-electron chi connectivity index (χ1n) is 27.7. The molecule has 9 aromatic carbocycles. The Balaban J connectivity index is 1.08. The summed E-state index contributed by atoms with van der Waals surface area (Å²) in [6.07, 6.45) is 8.60. The van der Waals surface area contributed by atoms with Gasteiger partial charge in [-0.25, -0.2) is 0 Å². The summed E-state index contributed by atoms with van der Waals surface area (Å²) >= 11 is 0. The van der Waals surface area contributed by atoms with Crippen molar-refractivity contribution < 1.29 is 56.5 Å². The molecule has 18 heteroatoms. The van der Waals surface area contributed by atoms with Crippen LogP contribution < -0.4 is 29.6 Å². The lowest BCUT2D eigenvalue weighted by Gasteiger charge is -2.35. The van der Waals surface area contributed by atoms with Crippen LogP contribution in [0.15, 0.2) is 240 Å². The van der Waals surface area contributed by atoms with E-state index in [1.165, 1.54) is 73.7 Å². The number of amides is 6. The molecule has 0 spiro atoms. The number of ether oxygens (including phenoxy) is 4. The van der Waals surface area contributed by atoms with Crippen molar-refractivity contribution in [1.29, 1.82) is 0 Å². The lowest BCUT2D eigenvalue weighted by molar-refractivity contribution is -0.121. The van der Waals surface area contributed by atoms with Crippen LogP contribution in [-0.2, 0) is 9.59 Å². The van der Waals surface area contributed by atoms with Crippen molar-refractivity contribution in [2.75, 3.05) is 10.6 Å². The van der Waals surface area contributed by atoms with E-state index < -0.39 is 47.5 Å². The van der Waals surface area contributed by atoms with Gasteiger partial charge >= 0.3 is 0 Å². The number of nitrogens with zero attached hydrogens (tertiary/aromatic N) is 4. The first-order valence-corrected chi connectivity index (χ1v) is 27.7. The number of aromatic nitrogens is 2. The van der Waals surface area contributed by atoms with Crippen LogP contribution in [0.25, 0.3) is 43.1 Å². The second-order valence-electron chi connectivity index (χ2n) is 20.6. The zero-order valence-electron chi connectivity index (χ0n) is 45.8. The van der Waals surface area contributed by atoms with E-state index in [-0.39, 0.29) is 111 Å². The second-order valence-corrected chi connectivity index (χ2v) is 20.6. The fourth-order valence-corrected chi connectivity index (χ4v) is 11.7. The summed E-state index contributed by atoms with van der Waals surface area (Å²) in [5, 5.41) is 7.39. The van der Waals surface area contributed by atoms with Crippen molar-refractivity contribution in [3.63, 3.8) is 0 Å². The average molecular weight is 1160 g/mol. The summed E-state index contributed by atoms with van der Waals surface area (Å²) in [4.78, 5) is 104. The molecule has 6 heterocycles. The van der Waals surface area contributed by atoms with Gasteiger partial charge in [0.05, 0.1) is 58.5 Å². The van der Waals surface area contributed by atoms with Gasteiger partial charge in [-0.2, -0.15) is 0 Å². The molecule has 2 aliphatic rings. The highest BCUT2D eigenvalue weighted by molar-refractivity contribution is 6.45. The van der Waals surface area contributed by atoms with Crippen LogP contribution in [0, 0.1) is 0 Å². The molecule has 0 aliphatic carbocycles. The highest BCUT2D eigenvalue weighted by atomic mass is 16.5. The first-order chi connectivity index (χ1) is 43.2. The van der Waals surface area contributed by atoms with Crippen LogP contribution in [0.4, 0.5) is 11.4 Å². The van der Waals surface area contributed by atoms with Gasteiger partial charge in [-0.15, -0.1) is 0 Å².